The lowest BCUT2D eigenvalue weighted by Gasteiger charge is -2.27. The highest BCUT2D eigenvalue weighted by atomic mass is 19.1. The average molecular weight is 283 g/mol. The molecule has 0 fully saturated rings. The number of hydrogen-bond acceptors (Lipinski definition) is 3. The first-order valence-electron chi connectivity index (χ1n) is 6.77. The molecule has 1 rings (SSSR count). The fourth-order valence-electron chi connectivity index (χ4n) is 2.13. The molecule has 0 heterocycles. The quantitative estimate of drug-likeness (QED) is 0.720. The van der Waals surface area contributed by atoms with E-state index in [1.165, 1.54) is 0 Å². The van der Waals surface area contributed by atoms with E-state index in [2.05, 4.69) is 5.32 Å². The third kappa shape index (κ3) is 3.70. The Morgan fingerprint density at radius 2 is 2.20 bits per heavy atom. The summed E-state index contributed by atoms with van der Waals surface area (Å²) in [6, 6.07) is 4.98. The molecule has 20 heavy (non-hydrogen) atoms. The van der Waals surface area contributed by atoms with Crippen molar-refractivity contribution in [3.05, 3.63) is 29.6 Å². The topological polar surface area (TPSA) is 58.6 Å². The third-order valence-electron chi connectivity index (χ3n) is 3.65. The van der Waals surface area contributed by atoms with Crippen molar-refractivity contribution in [2.45, 2.75) is 38.6 Å². The number of aliphatic carboxylic acids is 1. The number of benzene rings is 1. The van der Waals surface area contributed by atoms with Gasteiger partial charge in [-0.15, -0.1) is 0 Å². The Morgan fingerprint density at radius 1 is 1.50 bits per heavy atom. The van der Waals surface area contributed by atoms with Crippen LogP contribution in [-0.2, 0) is 4.79 Å². The Morgan fingerprint density at radius 3 is 2.75 bits per heavy atom. The summed E-state index contributed by atoms with van der Waals surface area (Å²) in [6.45, 7) is 3.79. The molecule has 5 heteroatoms. The molecular weight excluding hydrogens is 261 g/mol. The summed E-state index contributed by atoms with van der Waals surface area (Å²) >= 11 is 0. The molecule has 1 atom stereocenters. The van der Waals surface area contributed by atoms with Crippen LogP contribution in [0.15, 0.2) is 18.2 Å². The van der Waals surface area contributed by atoms with Gasteiger partial charge in [-0.2, -0.15) is 0 Å². The molecule has 0 saturated heterocycles. The van der Waals surface area contributed by atoms with Gasteiger partial charge in [0.1, 0.15) is 5.54 Å². The van der Waals surface area contributed by atoms with Gasteiger partial charge in [0.15, 0.2) is 11.6 Å². The van der Waals surface area contributed by atoms with Crippen LogP contribution in [0.5, 0.6) is 5.75 Å². The second-order valence-corrected chi connectivity index (χ2v) is 4.83. The molecule has 0 aliphatic rings. The van der Waals surface area contributed by atoms with Gasteiger partial charge in [-0.05, 0) is 44.9 Å². The molecule has 1 aromatic carbocycles. The van der Waals surface area contributed by atoms with E-state index in [-0.39, 0.29) is 18.2 Å². The highest BCUT2D eigenvalue weighted by molar-refractivity contribution is 5.78. The van der Waals surface area contributed by atoms with Gasteiger partial charge < -0.3 is 15.2 Å². The van der Waals surface area contributed by atoms with Crippen LogP contribution < -0.4 is 10.1 Å². The van der Waals surface area contributed by atoms with E-state index < -0.39 is 11.5 Å². The first-order valence-corrected chi connectivity index (χ1v) is 6.77. The van der Waals surface area contributed by atoms with E-state index in [0.717, 1.165) is 0 Å². The van der Waals surface area contributed by atoms with Crippen LogP contribution in [0.25, 0.3) is 0 Å². The summed E-state index contributed by atoms with van der Waals surface area (Å²) in [5, 5.41) is 12.1. The summed E-state index contributed by atoms with van der Waals surface area (Å²) in [6.07, 6.45) is 1.45. The van der Waals surface area contributed by atoms with Gasteiger partial charge in [0.2, 0.25) is 0 Å². The van der Waals surface area contributed by atoms with Crippen LogP contribution in [-0.4, -0.2) is 30.3 Å². The zero-order valence-corrected chi connectivity index (χ0v) is 12.2. The largest absolute Gasteiger partial charge is 0.491 e. The predicted octanol–water partition coefficient (Wildman–Crippen LogP) is 2.75. The highest BCUT2D eigenvalue weighted by Crippen LogP contribution is 2.21. The molecule has 2 N–H and O–H groups in total. The standard InChI is InChI=1S/C15H22FNO3/c1-4-15(17-3,14(18)19)9-6-10-20-12-8-5-7-11(2)13(12)16/h5,7-8,17H,4,6,9-10H2,1-3H3,(H,18,19). The van der Waals surface area contributed by atoms with Crippen LogP contribution in [0.4, 0.5) is 4.39 Å². The minimum absolute atomic E-state index is 0.215. The number of carboxylic acids is 1. The number of aryl methyl sites for hydroxylation is 1. The number of nitrogens with one attached hydrogen (secondary N) is 1. The van der Waals surface area contributed by atoms with Gasteiger partial charge in [-0.25, -0.2) is 4.39 Å². The third-order valence-corrected chi connectivity index (χ3v) is 3.65. The van der Waals surface area contributed by atoms with E-state index >= 15 is 0 Å². The van der Waals surface area contributed by atoms with Gasteiger partial charge in [-0.1, -0.05) is 19.1 Å². The van der Waals surface area contributed by atoms with Gasteiger partial charge in [0.05, 0.1) is 6.61 Å². The summed E-state index contributed by atoms with van der Waals surface area (Å²) in [5.41, 5.74) is -0.403. The van der Waals surface area contributed by atoms with Gasteiger partial charge >= 0.3 is 5.97 Å². The van der Waals surface area contributed by atoms with Crippen molar-refractivity contribution < 1.29 is 19.0 Å². The number of hydrogen-bond donors (Lipinski definition) is 2. The van der Waals surface area contributed by atoms with Crippen LogP contribution in [0, 0.1) is 12.7 Å². The maximum absolute atomic E-state index is 13.7. The van der Waals surface area contributed by atoms with E-state index in [4.69, 9.17) is 4.74 Å². The number of halogens is 1. The molecule has 0 spiro atoms. The molecular formula is C15H22FNO3. The second kappa shape index (κ2) is 7.24. The van der Waals surface area contributed by atoms with Crippen LogP contribution >= 0.6 is 0 Å². The summed E-state index contributed by atoms with van der Waals surface area (Å²) < 4.78 is 19.1. The number of ether oxygens (including phenoxy) is 1. The fourth-order valence-corrected chi connectivity index (χ4v) is 2.13. The van der Waals surface area contributed by atoms with Crippen LogP contribution in [0.1, 0.15) is 31.7 Å². The Balaban J connectivity index is 2.52. The molecule has 0 aliphatic heterocycles. The maximum Gasteiger partial charge on any atom is 0.323 e. The normalized spacial score (nSPS) is 13.8. The van der Waals surface area contributed by atoms with Crippen LogP contribution in [0.3, 0.4) is 0 Å². The Kier molecular flexibility index (Phi) is 5.95. The van der Waals surface area contributed by atoms with E-state index in [0.29, 0.717) is 24.8 Å². The lowest BCUT2D eigenvalue weighted by atomic mass is 9.91. The molecule has 1 unspecified atom stereocenters. The molecule has 0 aromatic heterocycles. The number of rotatable bonds is 8. The van der Waals surface area contributed by atoms with Gasteiger partial charge in [0.25, 0.3) is 0 Å². The Bertz CT molecular complexity index is 458. The lowest BCUT2D eigenvalue weighted by molar-refractivity contribution is -0.145. The number of likely N-dealkylation sites (N-methyl/N-ethyl adjacent to an activating group) is 1. The summed E-state index contributed by atoms with van der Waals surface area (Å²) in [7, 11) is 1.64. The smallest absolute Gasteiger partial charge is 0.323 e. The molecule has 0 saturated carbocycles. The van der Waals surface area contributed by atoms with Crippen LogP contribution in [0.2, 0.25) is 0 Å². The fraction of sp³-hybridized carbons (Fsp3) is 0.533. The Labute approximate surface area is 119 Å². The van der Waals surface area contributed by atoms with Crippen molar-refractivity contribution in [1.29, 1.82) is 0 Å². The van der Waals surface area contributed by atoms with E-state index in [9.17, 15) is 14.3 Å². The van der Waals surface area contributed by atoms with Crippen molar-refractivity contribution >= 4 is 5.97 Å². The van der Waals surface area contributed by atoms with E-state index in [1.807, 2.05) is 6.92 Å². The molecule has 0 amide bonds. The number of carboxylic acid groups (broad SMARTS) is 1. The minimum Gasteiger partial charge on any atom is -0.491 e. The van der Waals surface area contributed by atoms with E-state index in [1.54, 1.807) is 32.2 Å². The number of carbonyl (C=O) groups is 1. The molecule has 4 nitrogen and oxygen atoms in total. The predicted molar refractivity (Wildman–Crippen MR) is 75.6 cm³/mol. The molecule has 112 valence electrons. The Hall–Kier alpha value is -1.62. The zero-order chi connectivity index (χ0) is 15.2. The molecule has 0 aliphatic carbocycles. The summed E-state index contributed by atoms with van der Waals surface area (Å²) in [4.78, 5) is 11.3. The van der Waals surface area contributed by atoms with Gasteiger partial charge in [-0.3, -0.25) is 4.79 Å². The maximum atomic E-state index is 13.7. The molecule has 0 bridgehead atoms. The lowest BCUT2D eigenvalue weighted by Crippen LogP contribution is -2.50. The van der Waals surface area contributed by atoms with Crippen molar-refractivity contribution in [1.82, 2.24) is 5.32 Å². The first-order chi connectivity index (χ1) is 9.46. The zero-order valence-electron chi connectivity index (χ0n) is 12.2. The minimum atomic E-state index is -0.936. The van der Waals surface area contributed by atoms with Crippen molar-refractivity contribution in [2.24, 2.45) is 0 Å². The van der Waals surface area contributed by atoms with Crippen molar-refractivity contribution in [3.8, 4) is 5.75 Å². The molecule has 0 radical (unpaired) electrons. The van der Waals surface area contributed by atoms with Gasteiger partial charge in [0, 0.05) is 0 Å². The van der Waals surface area contributed by atoms with Crippen molar-refractivity contribution in [2.75, 3.05) is 13.7 Å². The monoisotopic (exact) mass is 283 g/mol. The molecule has 1 aromatic rings. The van der Waals surface area contributed by atoms with Crippen molar-refractivity contribution in [3.63, 3.8) is 0 Å². The average Bonchev–Trinajstić information content (AvgIpc) is 2.43. The first kappa shape index (κ1) is 16.4. The highest BCUT2D eigenvalue weighted by Gasteiger charge is 2.34. The second-order valence-electron chi connectivity index (χ2n) is 4.83. The summed E-state index contributed by atoms with van der Waals surface area (Å²) in [5.74, 6) is -1.02. The SMILES string of the molecule is CCC(CCCOc1cccc(C)c1F)(NC)C(=O)O.